The van der Waals surface area contributed by atoms with Gasteiger partial charge in [-0.1, -0.05) is 12.1 Å². The van der Waals surface area contributed by atoms with E-state index in [0.29, 0.717) is 11.6 Å². The average molecular weight is 389 g/mol. The molecule has 3 atom stereocenters. The Kier molecular flexibility index (Phi) is 8.59. The summed E-state index contributed by atoms with van der Waals surface area (Å²) in [5.74, 6) is 0.425. The third-order valence-corrected chi connectivity index (χ3v) is 4.37. The Balaban J connectivity index is 0.00000156. The second-order valence-electron chi connectivity index (χ2n) is 5.98. The highest BCUT2D eigenvalue weighted by molar-refractivity contribution is 5.85. The minimum Gasteiger partial charge on any atom is -0.497 e. The highest BCUT2D eigenvalue weighted by Gasteiger charge is 2.30. The Morgan fingerprint density at radius 2 is 1.96 bits per heavy atom. The van der Waals surface area contributed by atoms with E-state index < -0.39 is 11.9 Å². The molecule has 25 heavy (non-hydrogen) atoms. The van der Waals surface area contributed by atoms with Gasteiger partial charge in [-0.2, -0.15) is 0 Å². The quantitative estimate of drug-likeness (QED) is 0.823. The molecule has 0 unspecified atom stereocenters. The van der Waals surface area contributed by atoms with Crippen LogP contribution < -0.4 is 10.1 Å². The molecule has 0 radical (unpaired) electrons. The van der Waals surface area contributed by atoms with Gasteiger partial charge in [-0.3, -0.25) is 4.98 Å². The lowest BCUT2D eigenvalue weighted by molar-refractivity contribution is 0.134. The molecule has 3 rings (SSSR count). The third-order valence-electron chi connectivity index (χ3n) is 4.37. The van der Waals surface area contributed by atoms with E-state index in [-0.39, 0.29) is 30.9 Å². The summed E-state index contributed by atoms with van der Waals surface area (Å²) in [6, 6.07) is 9.60. The van der Waals surface area contributed by atoms with E-state index >= 15 is 0 Å². The number of pyridine rings is 1. The molecule has 1 fully saturated rings. The normalized spacial score (nSPS) is 20.3. The van der Waals surface area contributed by atoms with Crippen LogP contribution in [0.2, 0.25) is 0 Å². The first-order valence-electron chi connectivity index (χ1n) is 7.83. The van der Waals surface area contributed by atoms with Gasteiger partial charge in [0, 0.05) is 23.8 Å². The van der Waals surface area contributed by atoms with Gasteiger partial charge in [0.25, 0.3) is 0 Å². The summed E-state index contributed by atoms with van der Waals surface area (Å²) in [6.45, 7) is 0. The number of ether oxygens (including phenoxy) is 1. The van der Waals surface area contributed by atoms with Crippen molar-refractivity contribution < 1.29 is 14.2 Å². The van der Waals surface area contributed by atoms with Crippen LogP contribution >= 0.6 is 24.8 Å². The molecule has 0 amide bonds. The fourth-order valence-electron chi connectivity index (χ4n) is 3.13. The van der Waals surface area contributed by atoms with E-state index in [1.807, 2.05) is 12.1 Å². The van der Waals surface area contributed by atoms with Gasteiger partial charge in [0.1, 0.15) is 11.6 Å². The van der Waals surface area contributed by atoms with Crippen LogP contribution in [0.1, 0.15) is 30.1 Å². The molecule has 0 spiro atoms. The van der Waals surface area contributed by atoms with E-state index in [0.717, 1.165) is 31.2 Å². The Bertz CT molecular complexity index is 658. The molecule has 138 valence electrons. The van der Waals surface area contributed by atoms with Gasteiger partial charge < -0.3 is 15.2 Å². The first kappa shape index (κ1) is 21.6. The first-order chi connectivity index (χ1) is 11.2. The van der Waals surface area contributed by atoms with Crippen LogP contribution in [0, 0.1) is 5.82 Å². The van der Waals surface area contributed by atoms with Crippen LogP contribution in [0.5, 0.6) is 5.75 Å². The molecule has 1 saturated heterocycles. The van der Waals surface area contributed by atoms with Gasteiger partial charge in [0.2, 0.25) is 0 Å². The predicted molar refractivity (Wildman–Crippen MR) is 100 cm³/mol. The van der Waals surface area contributed by atoms with Gasteiger partial charge in [-0.05, 0) is 43.0 Å². The molecule has 2 heterocycles. The smallest absolute Gasteiger partial charge is 0.141 e. The zero-order valence-corrected chi connectivity index (χ0v) is 15.5. The number of halogens is 3. The van der Waals surface area contributed by atoms with Gasteiger partial charge in [0.15, 0.2) is 0 Å². The Morgan fingerprint density at radius 3 is 2.60 bits per heavy atom. The molecular formula is C18H23Cl2FN2O2. The maximum atomic E-state index is 13.2. The van der Waals surface area contributed by atoms with Crippen molar-refractivity contribution in [3.63, 3.8) is 0 Å². The van der Waals surface area contributed by atoms with Crippen LogP contribution in [-0.4, -0.2) is 29.3 Å². The highest BCUT2D eigenvalue weighted by atomic mass is 35.5. The number of benzene rings is 1. The molecule has 0 saturated carbocycles. The lowest BCUT2D eigenvalue weighted by Crippen LogP contribution is -2.35. The number of hydrogen-bond donors (Lipinski definition) is 2. The zero-order valence-electron chi connectivity index (χ0n) is 13.9. The van der Waals surface area contributed by atoms with E-state index in [1.165, 1.54) is 17.8 Å². The topological polar surface area (TPSA) is 54.4 Å². The van der Waals surface area contributed by atoms with E-state index in [1.54, 1.807) is 7.11 Å². The van der Waals surface area contributed by atoms with Crippen LogP contribution in [0.25, 0.3) is 0 Å². The number of aliphatic hydroxyl groups excluding tert-OH is 1. The Labute approximate surface area is 159 Å². The average Bonchev–Trinajstić information content (AvgIpc) is 3.03. The summed E-state index contributed by atoms with van der Waals surface area (Å²) in [5.41, 5.74) is 1.75. The van der Waals surface area contributed by atoms with Crippen molar-refractivity contribution in [2.75, 3.05) is 7.11 Å². The summed E-state index contributed by atoms with van der Waals surface area (Å²) in [5, 5.41) is 13.9. The SMILES string of the molecule is COc1ccc(C[C@H]2CC[C@H]([C@H](O)c3cncc(F)c3)N2)cc1.Cl.Cl. The molecule has 0 aliphatic carbocycles. The molecule has 1 aliphatic heterocycles. The molecule has 1 aromatic carbocycles. The van der Waals surface area contributed by atoms with Crippen molar-refractivity contribution in [2.24, 2.45) is 0 Å². The summed E-state index contributed by atoms with van der Waals surface area (Å²) in [4.78, 5) is 3.81. The monoisotopic (exact) mass is 388 g/mol. The third kappa shape index (κ3) is 5.54. The van der Waals surface area contributed by atoms with Crippen molar-refractivity contribution in [1.82, 2.24) is 10.3 Å². The van der Waals surface area contributed by atoms with Crippen molar-refractivity contribution in [3.8, 4) is 5.75 Å². The summed E-state index contributed by atoms with van der Waals surface area (Å²) in [7, 11) is 1.65. The van der Waals surface area contributed by atoms with E-state index in [9.17, 15) is 9.50 Å². The maximum absolute atomic E-state index is 13.2. The van der Waals surface area contributed by atoms with Crippen molar-refractivity contribution in [3.05, 3.63) is 59.7 Å². The molecule has 1 aliphatic rings. The Hall–Kier alpha value is -1.40. The van der Waals surface area contributed by atoms with Crippen molar-refractivity contribution in [2.45, 2.75) is 37.5 Å². The van der Waals surface area contributed by atoms with E-state index in [2.05, 4.69) is 22.4 Å². The lowest BCUT2D eigenvalue weighted by atomic mass is 10.0. The first-order valence-corrected chi connectivity index (χ1v) is 7.83. The van der Waals surface area contributed by atoms with Gasteiger partial charge in [-0.25, -0.2) is 4.39 Å². The minimum absolute atomic E-state index is 0. The lowest BCUT2D eigenvalue weighted by Gasteiger charge is -2.20. The molecule has 4 nitrogen and oxygen atoms in total. The van der Waals surface area contributed by atoms with Crippen LogP contribution in [0.15, 0.2) is 42.7 Å². The maximum Gasteiger partial charge on any atom is 0.141 e. The largest absolute Gasteiger partial charge is 0.497 e. The van der Waals surface area contributed by atoms with Crippen LogP contribution in [-0.2, 0) is 6.42 Å². The highest BCUT2D eigenvalue weighted by Crippen LogP contribution is 2.27. The van der Waals surface area contributed by atoms with Crippen LogP contribution in [0.4, 0.5) is 4.39 Å². The summed E-state index contributed by atoms with van der Waals surface area (Å²) < 4.78 is 18.4. The zero-order chi connectivity index (χ0) is 16.2. The van der Waals surface area contributed by atoms with Crippen LogP contribution in [0.3, 0.4) is 0 Å². The number of aromatic nitrogens is 1. The predicted octanol–water partition coefficient (Wildman–Crippen LogP) is 3.47. The molecule has 0 bridgehead atoms. The van der Waals surface area contributed by atoms with Crippen molar-refractivity contribution in [1.29, 1.82) is 0 Å². The number of nitrogens with one attached hydrogen (secondary N) is 1. The number of nitrogens with zero attached hydrogens (tertiary/aromatic N) is 1. The summed E-state index contributed by atoms with van der Waals surface area (Å²) in [6.07, 6.45) is 4.67. The molecular weight excluding hydrogens is 366 g/mol. The molecule has 2 N–H and O–H groups in total. The van der Waals surface area contributed by atoms with Gasteiger partial charge in [0.05, 0.1) is 19.4 Å². The fraction of sp³-hybridized carbons (Fsp3) is 0.389. The Morgan fingerprint density at radius 1 is 1.24 bits per heavy atom. The second kappa shape index (κ2) is 9.92. The molecule has 1 aromatic heterocycles. The number of aliphatic hydroxyl groups is 1. The number of rotatable bonds is 5. The number of methoxy groups -OCH3 is 1. The van der Waals surface area contributed by atoms with Gasteiger partial charge in [-0.15, -0.1) is 24.8 Å². The fourth-order valence-corrected chi connectivity index (χ4v) is 3.13. The summed E-state index contributed by atoms with van der Waals surface area (Å²) >= 11 is 0. The molecule has 7 heteroatoms. The standard InChI is InChI=1S/C18H21FN2O2.2ClH/c1-23-16-5-2-12(3-6-16)8-15-4-7-17(21-15)18(22)13-9-14(19)11-20-10-13;;/h2-3,5-6,9-11,15,17-18,21-22H,4,7-8H2,1H3;2*1H/t15-,17-,18-;;/m1../s1. The minimum atomic E-state index is -0.737. The van der Waals surface area contributed by atoms with Crippen molar-refractivity contribution >= 4 is 24.8 Å². The second-order valence-corrected chi connectivity index (χ2v) is 5.98. The van der Waals surface area contributed by atoms with E-state index in [4.69, 9.17) is 4.74 Å². The number of hydrogen-bond acceptors (Lipinski definition) is 4. The van der Waals surface area contributed by atoms with Gasteiger partial charge >= 0.3 is 0 Å². The molecule has 2 aromatic rings.